The van der Waals surface area contributed by atoms with E-state index < -0.39 is 9.84 Å². The molecule has 22 heavy (non-hydrogen) atoms. The standard InChI is InChI=1S/C16H27NO4S/c1-22(19,20)13-15(6-7-15)10-14(18)17-8-2-4-16(11-17)5-3-9-21-12-16/h2-13H2,1H3. The SMILES string of the molecule is CS(=O)(=O)CC1(CC(=O)N2CCCC3(CCCOC3)C2)CC1. The first-order chi connectivity index (χ1) is 10.3. The molecule has 1 spiro atoms. The Hall–Kier alpha value is -0.620. The number of likely N-dealkylation sites (tertiary alicyclic amines) is 1. The molecule has 126 valence electrons. The third kappa shape index (κ3) is 3.82. The van der Waals surface area contributed by atoms with Crippen LogP contribution in [-0.2, 0) is 19.4 Å². The molecule has 3 fully saturated rings. The summed E-state index contributed by atoms with van der Waals surface area (Å²) in [5, 5.41) is 0. The van der Waals surface area contributed by atoms with Crippen LogP contribution in [0.1, 0.15) is 44.9 Å². The Bertz CT molecular complexity index is 527. The average Bonchev–Trinajstić information content (AvgIpc) is 3.16. The van der Waals surface area contributed by atoms with E-state index in [2.05, 4.69) is 0 Å². The number of carbonyl (C=O) groups excluding carboxylic acids is 1. The molecule has 2 saturated heterocycles. The number of ether oxygens (including phenoxy) is 1. The van der Waals surface area contributed by atoms with Crippen molar-refractivity contribution in [3.8, 4) is 0 Å². The average molecular weight is 329 g/mol. The van der Waals surface area contributed by atoms with E-state index in [1.165, 1.54) is 6.26 Å². The Balaban J connectivity index is 1.60. The molecule has 1 atom stereocenters. The van der Waals surface area contributed by atoms with E-state index >= 15 is 0 Å². The van der Waals surface area contributed by atoms with Gasteiger partial charge >= 0.3 is 0 Å². The molecule has 1 saturated carbocycles. The third-order valence-electron chi connectivity index (χ3n) is 5.47. The van der Waals surface area contributed by atoms with Crippen LogP contribution in [-0.4, -0.2) is 57.5 Å². The molecule has 1 aliphatic carbocycles. The van der Waals surface area contributed by atoms with Crippen LogP contribution in [0.3, 0.4) is 0 Å². The number of sulfone groups is 1. The zero-order valence-corrected chi connectivity index (χ0v) is 14.3. The fourth-order valence-corrected chi connectivity index (χ4v) is 5.69. The van der Waals surface area contributed by atoms with E-state index in [0.717, 1.165) is 64.8 Å². The van der Waals surface area contributed by atoms with Gasteiger partial charge in [0.05, 0.1) is 12.4 Å². The van der Waals surface area contributed by atoms with E-state index in [1.54, 1.807) is 0 Å². The van der Waals surface area contributed by atoms with Gasteiger partial charge in [-0.1, -0.05) is 0 Å². The van der Waals surface area contributed by atoms with Crippen molar-refractivity contribution in [3.63, 3.8) is 0 Å². The minimum atomic E-state index is -3.01. The summed E-state index contributed by atoms with van der Waals surface area (Å²) in [6, 6.07) is 0. The molecule has 3 aliphatic rings. The topological polar surface area (TPSA) is 63.7 Å². The quantitative estimate of drug-likeness (QED) is 0.786. The number of amides is 1. The lowest BCUT2D eigenvalue weighted by atomic mass is 9.75. The van der Waals surface area contributed by atoms with Crippen LogP contribution in [0.2, 0.25) is 0 Å². The summed E-state index contributed by atoms with van der Waals surface area (Å²) in [5.74, 6) is 0.305. The van der Waals surface area contributed by atoms with Crippen molar-refractivity contribution >= 4 is 15.7 Å². The van der Waals surface area contributed by atoms with Crippen LogP contribution in [0, 0.1) is 10.8 Å². The highest BCUT2D eigenvalue weighted by atomic mass is 32.2. The number of nitrogens with zero attached hydrogens (tertiary/aromatic N) is 1. The number of rotatable bonds is 4. The number of hydrogen-bond donors (Lipinski definition) is 0. The zero-order chi connectivity index (χ0) is 15.8. The molecule has 2 heterocycles. The van der Waals surface area contributed by atoms with E-state index in [1.807, 2.05) is 4.90 Å². The van der Waals surface area contributed by atoms with Gasteiger partial charge in [-0.15, -0.1) is 0 Å². The van der Waals surface area contributed by atoms with E-state index in [4.69, 9.17) is 4.74 Å². The van der Waals surface area contributed by atoms with Crippen LogP contribution in [0.5, 0.6) is 0 Å². The first-order valence-corrected chi connectivity index (χ1v) is 10.4. The van der Waals surface area contributed by atoms with Crippen LogP contribution in [0.15, 0.2) is 0 Å². The van der Waals surface area contributed by atoms with Crippen molar-refractivity contribution in [1.82, 2.24) is 4.90 Å². The molecule has 6 heteroatoms. The summed E-state index contributed by atoms with van der Waals surface area (Å²) in [6.07, 6.45) is 7.82. The second kappa shape index (κ2) is 5.78. The number of piperidine rings is 1. The lowest BCUT2D eigenvalue weighted by Crippen LogP contribution is -2.50. The molecule has 0 aromatic heterocycles. The fraction of sp³-hybridized carbons (Fsp3) is 0.938. The maximum absolute atomic E-state index is 12.7. The summed E-state index contributed by atoms with van der Waals surface area (Å²) in [4.78, 5) is 14.6. The first kappa shape index (κ1) is 16.2. The van der Waals surface area contributed by atoms with E-state index in [-0.39, 0.29) is 22.5 Å². The summed E-state index contributed by atoms with van der Waals surface area (Å²) in [7, 11) is -3.01. The second-order valence-corrected chi connectivity index (χ2v) is 9.96. The molecule has 0 bridgehead atoms. The van der Waals surface area contributed by atoms with Gasteiger partial charge in [0, 0.05) is 37.8 Å². The minimum absolute atomic E-state index is 0.144. The van der Waals surface area contributed by atoms with Gasteiger partial charge in [-0.05, 0) is 43.9 Å². The van der Waals surface area contributed by atoms with Gasteiger partial charge in [0.15, 0.2) is 0 Å². The highest BCUT2D eigenvalue weighted by molar-refractivity contribution is 7.90. The third-order valence-corrected chi connectivity index (χ3v) is 6.61. The van der Waals surface area contributed by atoms with Gasteiger partial charge in [0.1, 0.15) is 9.84 Å². The van der Waals surface area contributed by atoms with Crippen molar-refractivity contribution in [2.75, 3.05) is 38.3 Å². The summed E-state index contributed by atoms with van der Waals surface area (Å²) in [5.41, 5.74) is -0.113. The highest BCUT2D eigenvalue weighted by Gasteiger charge is 2.48. The van der Waals surface area contributed by atoms with Gasteiger partial charge in [-0.25, -0.2) is 8.42 Å². The Morgan fingerprint density at radius 2 is 1.91 bits per heavy atom. The number of hydrogen-bond acceptors (Lipinski definition) is 4. The Kier molecular flexibility index (Phi) is 4.27. The molecule has 1 amide bonds. The van der Waals surface area contributed by atoms with Crippen molar-refractivity contribution in [2.45, 2.75) is 44.9 Å². The van der Waals surface area contributed by atoms with E-state index in [0.29, 0.717) is 6.42 Å². The largest absolute Gasteiger partial charge is 0.381 e. The van der Waals surface area contributed by atoms with Crippen molar-refractivity contribution in [2.24, 2.45) is 10.8 Å². The molecule has 0 radical (unpaired) electrons. The van der Waals surface area contributed by atoms with Crippen LogP contribution in [0.4, 0.5) is 0 Å². The predicted molar refractivity (Wildman–Crippen MR) is 84.3 cm³/mol. The predicted octanol–water partition coefficient (Wildman–Crippen LogP) is 1.62. The molecular formula is C16H27NO4S. The Morgan fingerprint density at radius 1 is 1.18 bits per heavy atom. The summed E-state index contributed by atoms with van der Waals surface area (Å²) in [6.45, 7) is 3.22. The van der Waals surface area contributed by atoms with Crippen molar-refractivity contribution in [3.05, 3.63) is 0 Å². The van der Waals surface area contributed by atoms with Crippen LogP contribution in [0.25, 0.3) is 0 Å². The van der Waals surface area contributed by atoms with Gasteiger partial charge in [0.25, 0.3) is 0 Å². The molecule has 2 aliphatic heterocycles. The molecule has 0 aromatic rings. The molecular weight excluding hydrogens is 302 g/mol. The molecule has 5 nitrogen and oxygen atoms in total. The highest BCUT2D eigenvalue weighted by Crippen LogP contribution is 2.50. The van der Waals surface area contributed by atoms with Gasteiger partial charge in [-0.2, -0.15) is 0 Å². The fourth-order valence-electron chi connectivity index (χ4n) is 4.19. The zero-order valence-electron chi connectivity index (χ0n) is 13.5. The molecule has 3 rings (SSSR count). The molecule has 0 aromatic carbocycles. The van der Waals surface area contributed by atoms with Gasteiger partial charge in [-0.3, -0.25) is 4.79 Å². The monoisotopic (exact) mass is 329 g/mol. The Morgan fingerprint density at radius 3 is 2.50 bits per heavy atom. The summed E-state index contributed by atoms with van der Waals surface area (Å²) < 4.78 is 28.7. The normalized spacial score (nSPS) is 31.2. The van der Waals surface area contributed by atoms with Crippen molar-refractivity contribution < 1.29 is 17.9 Å². The summed E-state index contributed by atoms with van der Waals surface area (Å²) >= 11 is 0. The molecule has 0 N–H and O–H groups in total. The smallest absolute Gasteiger partial charge is 0.223 e. The lowest BCUT2D eigenvalue weighted by Gasteiger charge is -2.45. The maximum atomic E-state index is 12.7. The molecule has 1 unspecified atom stereocenters. The van der Waals surface area contributed by atoms with Crippen LogP contribution >= 0.6 is 0 Å². The van der Waals surface area contributed by atoms with Crippen LogP contribution < -0.4 is 0 Å². The Labute approximate surface area is 133 Å². The number of carbonyl (C=O) groups is 1. The van der Waals surface area contributed by atoms with Gasteiger partial charge < -0.3 is 9.64 Å². The first-order valence-electron chi connectivity index (χ1n) is 8.35. The maximum Gasteiger partial charge on any atom is 0.223 e. The van der Waals surface area contributed by atoms with Crippen molar-refractivity contribution in [1.29, 1.82) is 0 Å². The lowest BCUT2D eigenvalue weighted by molar-refractivity contribution is -0.139. The minimum Gasteiger partial charge on any atom is -0.381 e. The van der Waals surface area contributed by atoms with E-state index in [9.17, 15) is 13.2 Å². The van der Waals surface area contributed by atoms with Gasteiger partial charge in [0.2, 0.25) is 5.91 Å². The second-order valence-electron chi connectivity index (χ2n) is 7.82.